The van der Waals surface area contributed by atoms with Crippen molar-refractivity contribution >= 4 is 50.3 Å². The Hall–Kier alpha value is -5.48. The quantitative estimate of drug-likeness (QED) is 0.175. The summed E-state index contributed by atoms with van der Waals surface area (Å²) in [5.74, 6) is 0.261. The van der Waals surface area contributed by atoms with E-state index in [-0.39, 0.29) is 17.1 Å². The third-order valence-electron chi connectivity index (χ3n) is 7.74. The molecule has 1 aliphatic carbocycles. The molecule has 0 atom stereocenters. The van der Waals surface area contributed by atoms with E-state index in [1.165, 1.54) is 0 Å². The van der Waals surface area contributed by atoms with Crippen LogP contribution in [0.25, 0.3) is 55.7 Å². The van der Waals surface area contributed by atoms with Gasteiger partial charge in [0, 0.05) is 34.5 Å². The average molecular weight is 516 g/mol. The molecule has 0 saturated heterocycles. The number of hydrogen-bond acceptors (Lipinski definition) is 3. The summed E-state index contributed by atoms with van der Waals surface area (Å²) < 4.78 is 8.46. The molecule has 2 aromatic heterocycles. The highest BCUT2D eigenvalue weighted by atomic mass is 16.3. The van der Waals surface area contributed by atoms with E-state index < -0.39 is 0 Å². The summed E-state index contributed by atoms with van der Waals surface area (Å²) in [6.45, 7) is 0. The highest BCUT2D eigenvalue weighted by Gasteiger charge is 2.34. The van der Waals surface area contributed by atoms with Gasteiger partial charge in [0.25, 0.3) is 0 Å². The number of Topliss-reactive ketones (excluding diaryl/α,β-unsaturated/α-hetero) is 2. The molecular weight excluding hydrogens is 494 g/mol. The number of benzene rings is 5. The molecule has 1 aliphatic rings. The molecule has 0 N–H and O–H groups in total. The van der Waals surface area contributed by atoms with Gasteiger partial charge in [-0.25, -0.2) is 0 Å². The zero-order valence-corrected chi connectivity index (χ0v) is 21.3. The van der Waals surface area contributed by atoms with E-state index in [1.54, 1.807) is 6.08 Å². The summed E-state index contributed by atoms with van der Waals surface area (Å²) in [6, 6.07) is 39.7. The fourth-order valence-electron chi connectivity index (χ4n) is 5.84. The van der Waals surface area contributed by atoms with Crippen LogP contribution in [0.4, 0.5) is 0 Å². The number of carbonyl (C=O) groups excluding carboxylic acids is 2. The van der Waals surface area contributed by atoms with Gasteiger partial charge in [-0.3, -0.25) is 9.59 Å². The van der Waals surface area contributed by atoms with Crippen molar-refractivity contribution in [3.8, 4) is 17.0 Å². The standard InChI is InChI=1S/C36H21NO3/c38-35-29-17-23-10-4-5-11-24(23)18-30(29)36(39)31(35)19-26-20-34-32(37(26)25-13-2-1-3-14-25)21-33(40-34)28-16-8-12-22-9-6-7-15-27(22)28/h1-21H. The van der Waals surface area contributed by atoms with Gasteiger partial charge >= 0.3 is 0 Å². The van der Waals surface area contributed by atoms with Crippen LogP contribution in [0.5, 0.6) is 0 Å². The molecule has 40 heavy (non-hydrogen) atoms. The van der Waals surface area contributed by atoms with Gasteiger partial charge in [-0.15, -0.1) is 0 Å². The van der Waals surface area contributed by atoms with Gasteiger partial charge in [0.1, 0.15) is 5.76 Å². The molecule has 2 heterocycles. The molecule has 0 aliphatic heterocycles. The lowest BCUT2D eigenvalue weighted by atomic mass is 10.0. The summed E-state index contributed by atoms with van der Waals surface area (Å²) in [6.07, 6.45) is 1.70. The highest BCUT2D eigenvalue weighted by molar-refractivity contribution is 6.42. The average Bonchev–Trinajstić information content (AvgIpc) is 3.62. The first-order valence-electron chi connectivity index (χ1n) is 13.2. The van der Waals surface area contributed by atoms with E-state index in [2.05, 4.69) is 24.3 Å². The Kier molecular flexibility index (Phi) is 4.79. The Balaban J connectivity index is 1.31. The van der Waals surface area contributed by atoms with Crippen molar-refractivity contribution in [1.82, 2.24) is 4.57 Å². The lowest BCUT2D eigenvalue weighted by molar-refractivity contribution is 0.0990. The van der Waals surface area contributed by atoms with E-state index in [0.29, 0.717) is 22.4 Å². The predicted octanol–water partition coefficient (Wildman–Crippen LogP) is 8.66. The monoisotopic (exact) mass is 515 g/mol. The molecule has 0 fully saturated rings. The fourth-order valence-corrected chi connectivity index (χ4v) is 5.84. The Morgan fingerprint density at radius 2 is 1.20 bits per heavy atom. The maximum Gasteiger partial charge on any atom is 0.197 e. The van der Waals surface area contributed by atoms with Crippen molar-refractivity contribution in [2.75, 3.05) is 0 Å². The predicted molar refractivity (Wildman–Crippen MR) is 159 cm³/mol. The van der Waals surface area contributed by atoms with E-state index >= 15 is 0 Å². The minimum absolute atomic E-state index is 0.164. The lowest BCUT2D eigenvalue weighted by Crippen LogP contribution is -2.03. The molecule has 0 bridgehead atoms. The number of hydrogen-bond donors (Lipinski definition) is 0. The third kappa shape index (κ3) is 3.33. The number of aromatic nitrogens is 1. The summed E-state index contributed by atoms with van der Waals surface area (Å²) in [7, 11) is 0. The Morgan fingerprint density at radius 3 is 1.93 bits per heavy atom. The first kappa shape index (κ1) is 22.5. The van der Waals surface area contributed by atoms with Gasteiger partial charge in [0.05, 0.1) is 16.8 Å². The molecule has 0 amide bonds. The van der Waals surface area contributed by atoms with Crippen LogP contribution >= 0.6 is 0 Å². The summed E-state index contributed by atoms with van der Waals surface area (Å²) in [5.41, 5.74) is 5.25. The molecule has 4 nitrogen and oxygen atoms in total. The van der Waals surface area contributed by atoms with E-state index in [1.807, 2.05) is 102 Å². The number of nitrogens with zero attached hydrogens (tertiary/aromatic N) is 1. The second kappa shape index (κ2) is 8.52. The second-order valence-electron chi connectivity index (χ2n) is 10.1. The van der Waals surface area contributed by atoms with Crippen molar-refractivity contribution in [3.05, 3.63) is 144 Å². The summed E-state index contributed by atoms with van der Waals surface area (Å²) in [5, 5.41) is 4.13. The van der Waals surface area contributed by atoms with Gasteiger partial charge in [0.15, 0.2) is 17.1 Å². The minimum atomic E-state index is -0.250. The molecule has 188 valence electrons. The molecular formula is C36H21NO3. The topological polar surface area (TPSA) is 52.2 Å². The maximum absolute atomic E-state index is 13.5. The van der Waals surface area contributed by atoms with Gasteiger partial charge in [-0.05, 0) is 51.9 Å². The molecule has 0 radical (unpaired) electrons. The number of para-hydroxylation sites is 1. The van der Waals surface area contributed by atoms with Crippen molar-refractivity contribution in [2.24, 2.45) is 0 Å². The van der Waals surface area contributed by atoms with E-state index in [9.17, 15) is 9.59 Å². The van der Waals surface area contributed by atoms with Crippen molar-refractivity contribution in [3.63, 3.8) is 0 Å². The fraction of sp³-hybridized carbons (Fsp3) is 0. The Bertz CT molecular complexity index is 2130. The van der Waals surface area contributed by atoms with E-state index in [4.69, 9.17) is 4.42 Å². The largest absolute Gasteiger partial charge is 0.454 e. The summed E-state index contributed by atoms with van der Waals surface area (Å²) >= 11 is 0. The molecule has 5 aromatic carbocycles. The van der Waals surface area contributed by atoms with Crippen LogP contribution in [-0.4, -0.2) is 16.1 Å². The van der Waals surface area contributed by atoms with Crippen LogP contribution in [-0.2, 0) is 0 Å². The number of ketones is 2. The van der Waals surface area contributed by atoms with Gasteiger partial charge < -0.3 is 8.98 Å². The van der Waals surface area contributed by atoms with Crippen LogP contribution in [0.3, 0.4) is 0 Å². The molecule has 7 aromatic rings. The van der Waals surface area contributed by atoms with Crippen LogP contribution in [0.1, 0.15) is 26.4 Å². The maximum atomic E-state index is 13.5. The SMILES string of the molecule is O=C1C(=Cc2cc3oc(-c4cccc5ccccc45)cc3n2-c2ccccc2)C(=O)c2cc3ccccc3cc21. The van der Waals surface area contributed by atoms with Gasteiger partial charge in [-0.1, -0.05) is 84.9 Å². The molecule has 0 saturated carbocycles. The number of furan rings is 1. The Morgan fingerprint density at radius 1 is 0.575 bits per heavy atom. The van der Waals surface area contributed by atoms with Crippen molar-refractivity contribution in [1.29, 1.82) is 0 Å². The molecule has 0 spiro atoms. The zero-order valence-electron chi connectivity index (χ0n) is 21.3. The number of rotatable bonds is 3. The van der Waals surface area contributed by atoms with E-state index in [0.717, 1.165) is 44.1 Å². The number of allylic oxidation sites excluding steroid dienone is 1. The number of fused-ring (bicyclic) bond motifs is 4. The normalized spacial score (nSPS) is 13.1. The van der Waals surface area contributed by atoms with Crippen LogP contribution < -0.4 is 0 Å². The van der Waals surface area contributed by atoms with Gasteiger partial charge in [0.2, 0.25) is 0 Å². The molecule has 0 unspecified atom stereocenters. The van der Waals surface area contributed by atoms with Crippen molar-refractivity contribution in [2.45, 2.75) is 0 Å². The lowest BCUT2D eigenvalue weighted by Gasteiger charge is -2.08. The van der Waals surface area contributed by atoms with Crippen molar-refractivity contribution < 1.29 is 14.0 Å². The number of carbonyl (C=O) groups is 2. The first-order valence-corrected chi connectivity index (χ1v) is 13.2. The van der Waals surface area contributed by atoms with Gasteiger partial charge in [-0.2, -0.15) is 0 Å². The summed E-state index contributed by atoms with van der Waals surface area (Å²) in [4.78, 5) is 27.0. The molecule has 4 heteroatoms. The zero-order chi connectivity index (χ0) is 26.8. The first-order chi connectivity index (χ1) is 19.7. The Labute approximate surface area is 229 Å². The third-order valence-corrected chi connectivity index (χ3v) is 7.74. The van der Waals surface area contributed by atoms with Crippen LogP contribution in [0.2, 0.25) is 0 Å². The molecule has 8 rings (SSSR count). The minimum Gasteiger partial charge on any atom is -0.454 e. The van der Waals surface area contributed by atoms with Crippen LogP contribution in [0.15, 0.2) is 131 Å². The van der Waals surface area contributed by atoms with Crippen LogP contribution in [0, 0.1) is 0 Å². The highest BCUT2D eigenvalue weighted by Crippen LogP contribution is 2.37. The smallest absolute Gasteiger partial charge is 0.197 e. The second-order valence-corrected chi connectivity index (χ2v) is 10.1.